The van der Waals surface area contributed by atoms with Crippen molar-refractivity contribution in [1.29, 1.82) is 0 Å². The summed E-state index contributed by atoms with van der Waals surface area (Å²) < 4.78 is 63.7. The number of amides is 1. The van der Waals surface area contributed by atoms with Gasteiger partial charge in [0.25, 0.3) is 5.91 Å². The lowest BCUT2D eigenvalue weighted by atomic mass is 10.2. The van der Waals surface area contributed by atoms with Crippen molar-refractivity contribution in [1.82, 2.24) is 4.72 Å². The largest absolute Gasteiger partial charge is 0.343 e. The molecule has 2 rings (SSSR count). The van der Waals surface area contributed by atoms with Crippen molar-refractivity contribution in [3.05, 3.63) is 58.1 Å². The Balaban J connectivity index is 2.41. The quantitative estimate of drug-likeness (QED) is 0.683. The highest BCUT2D eigenvalue weighted by Gasteiger charge is 2.36. The summed E-state index contributed by atoms with van der Waals surface area (Å²) in [5.41, 5.74) is -0.209. The summed E-state index contributed by atoms with van der Waals surface area (Å²) in [7, 11) is -4.90. The first-order valence-corrected chi connectivity index (χ1v) is 9.12. The van der Waals surface area contributed by atoms with E-state index in [0.29, 0.717) is 5.02 Å². The van der Waals surface area contributed by atoms with Gasteiger partial charge in [-0.25, -0.2) is 12.8 Å². The maximum Gasteiger partial charge on any atom is 0.343 e. The number of rotatable bonds is 6. The highest BCUT2D eigenvalue weighted by Crippen LogP contribution is 2.24. The average molecular weight is 427 g/mol. The van der Waals surface area contributed by atoms with E-state index >= 15 is 0 Å². The van der Waals surface area contributed by atoms with Gasteiger partial charge in [0.1, 0.15) is 0 Å². The Morgan fingerprint density at radius 1 is 1.04 bits per heavy atom. The molecule has 2 aromatic carbocycles. The summed E-state index contributed by atoms with van der Waals surface area (Å²) in [5, 5.41) is 2.80. The van der Waals surface area contributed by atoms with Crippen LogP contribution >= 0.6 is 23.2 Å². The Bertz CT molecular complexity index is 922. The van der Waals surface area contributed by atoms with Crippen LogP contribution in [0.1, 0.15) is 10.4 Å². The van der Waals surface area contributed by atoms with Crippen LogP contribution in [-0.2, 0) is 10.0 Å². The molecule has 2 aromatic rings. The summed E-state index contributed by atoms with van der Waals surface area (Å²) in [6, 6.07) is 4.52. The van der Waals surface area contributed by atoms with Crippen molar-refractivity contribution in [3.8, 4) is 0 Å². The minimum Gasteiger partial charge on any atom is -0.322 e. The molecule has 0 unspecified atom stereocenters. The van der Waals surface area contributed by atoms with Crippen LogP contribution in [-0.4, -0.2) is 27.0 Å². The summed E-state index contributed by atoms with van der Waals surface area (Å²) in [5.74, 6) is -0.918. The van der Waals surface area contributed by atoms with Gasteiger partial charge in [-0.1, -0.05) is 23.2 Å². The van der Waals surface area contributed by atoms with Crippen molar-refractivity contribution in [2.24, 2.45) is 0 Å². The first-order chi connectivity index (χ1) is 12.0. The third-order valence-electron chi connectivity index (χ3n) is 3.03. The van der Waals surface area contributed by atoms with E-state index in [2.05, 4.69) is 5.32 Å². The minimum atomic E-state index is -4.90. The van der Waals surface area contributed by atoms with Crippen molar-refractivity contribution in [2.45, 2.75) is 10.9 Å². The van der Waals surface area contributed by atoms with E-state index in [1.165, 1.54) is 24.3 Å². The molecule has 0 fully saturated rings. The number of alkyl halides is 3. The number of hydrogen-bond donors (Lipinski definition) is 2. The van der Waals surface area contributed by atoms with E-state index in [4.69, 9.17) is 23.2 Å². The minimum absolute atomic E-state index is 0.00228. The van der Waals surface area contributed by atoms with Crippen LogP contribution in [0.25, 0.3) is 0 Å². The molecule has 0 radical (unpaired) electrons. The summed E-state index contributed by atoms with van der Waals surface area (Å²) >= 11 is 11.5. The van der Waals surface area contributed by atoms with Crippen LogP contribution in [0.15, 0.2) is 47.4 Å². The van der Waals surface area contributed by atoms with Gasteiger partial charge in [-0.3, -0.25) is 4.79 Å². The lowest BCUT2D eigenvalue weighted by molar-refractivity contribution is -0.0330. The van der Waals surface area contributed by atoms with Crippen molar-refractivity contribution in [3.63, 3.8) is 0 Å². The zero-order valence-electron chi connectivity index (χ0n) is 12.8. The normalized spacial score (nSPS) is 12.0. The maximum atomic E-state index is 13.1. The first-order valence-electron chi connectivity index (χ1n) is 6.88. The van der Waals surface area contributed by atoms with E-state index in [9.17, 15) is 26.4 Å². The molecule has 2 N–H and O–H groups in total. The van der Waals surface area contributed by atoms with Gasteiger partial charge in [-0.15, -0.1) is 4.72 Å². The molecule has 0 aliphatic heterocycles. The fourth-order valence-corrected chi connectivity index (χ4v) is 3.47. The highest BCUT2D eigenvalue weighted by atomic mass is 35.5. The van der Waals surface area contributed by atoms with Crippen molar-refractivity contribution >= 4 is 44.8 Å². The van der Waals surface area contributed by atoms with E-state index in [1.807, 2.05) is 0 Å². The van der Waals surface area contributed by atoms with Crippen molar-refractivity contribution < 1.29 is 26.4 Å². The number of carbonyl (C=O) groups is 1. The molecule has 0 spiro atoms. The van der Waals surface area contributed by atoms with Crippen LogP contribution in [0.5, 0.6) is 0 Å². The number of hydrogen-bond acceptors (Lipinski definition) is 3. The van der Waals surface area contributed by atoms with Gasteiger partial charge in [0.05, 0.1) is 10.5 Å². The Kier molecular flexibility index (Phi) is 6.17. The molecule has 0 aromatic heterocycles. The number of halogens is 5. The lowest BCUT2D eigenvalue weighted by Crippen LogP contribution is -2.43. The molecule has 140 valence electrons. The Morgan fingerprint density at radius 3 is 2.19 bits per heavy atom. The molecule has 0 aliphatic carbocycles. The molecule has 26 heavy (non-hydrogen) atoms. The third-order valence-corrected chi connectivity index (χ3v) is 5.02. The Hall–Kier alpha value is -1.81. The molecule has 0 bridgehead atoms. The standard InChI is InChI=1S/C15H11Cl2F3N2O3S/c16-9-1-4-11(5-2-9)21-14(23)12-7-10(17)3-6-13(12)26(24,25)22-15(19,20)8-18/h1-7,22H,8H2,(H,21,23). The van der Waals surface area contributed by atoms with Crippen molar-refractivity contribution in [2.75, 3.05) is 12.0 Å². The number of nitrogens with one attached hydrogen (secondary N) is 2. The molecule has 0 heterocycles. The van der Waals surface area contributed by atoms with Gasteiger partial charge in [-0.05, 0) is 42.5 Å². The van der Waals surface area contributed by atoms with Gasteiger partial charge in [0.15, 0.2) is 6.67 Å². The first kappa shape index (κ1) is 20.5. The predicted octanol–water partition coefficient (Wildman–Crippen LogP) is 4.09. The van der Waals surface area contributed by atoms with Crippen LogP contribution < -0.4 is 10.0 Å². The molecule has 0 atom stereocenters. The van der Waals surface area contributed by atoms with Gasteiger partial charge in [0, 0.05) is 15.7 Å². The third kappa shape index (κ3) is 5.10. The second-order valence-corrected chi connectivity index (χ2v) is 7.57. The van der Waals surface area contributed by atoms with Crippen LogP contribution in [0.2, 0.25) is 10.0 Å². The molecule has 11 heteroatoms. The maximum absolute atomic E-state index is 13.1. The number of carbonyl (C=O) groups excluding carboxylic acids is 1. The van der Waals surface area contributed by atoms with Crippen LogP contribution in [0.4, 0.5) is 18.9 Å². The molecule has 5 nitrogen and oxygen atoms in total. The number of benzene rings is 2. The van der Waals surface area contributed by atoms with Gasteiger partial charge >= 0.3 is 6.05 Å². The zero-order chi connectivity index (χ0) is 19.5. The zero-order valence-corrected chi connectivity index (χ0v) is 15.1. The van der Waals surface area contributed by atoms with E-state index in [1.54, 1.807) is 0 Å². The second-order valence-electron chi connectivity index (χ2n) is 5.05. The predicted molar refractivity (Wildman–Crippen MR) is 92.1 cm³/mol. The van der Waals surface area contributed by atoms with E-state index < -0.39 is 39.1 Å². The molecule has 0 aliphatic rings. The monoisotopic (exact) mass is 426 g/mol. The Labute approximate surface area is 157 Å². The fraction of sp³-hybridized carbons (Fsp3) is 0.133. The van der Waals surface area contributed by atoms with Crippen LogP contribution in [0, 0.1) is 0 Å². The fourth-order valence-electron chi connectivity index (χ4n) is 1.92. The molecular formula is C15H11Cl2F3N2O3S. The molecular weight excluding hydrogens is 416 g/mol. The lowest BCUT2D eigenvalue weighted by Gasteiger charge is -2.16. The topological polar surface area (TPSA) is 75.3 Å². The van der Waals surface area contributed by atoms with E-state index in [0.717, 1.165) is 22.9 Å². The smallest absolute Gasteiger partial charge is 0.322 e. The Morgan fingerprint density at radius 2 is 1.62 bits per heavy atom. The SMILES string of the molecule is O=C(Nc1ccc(Cl)cc1)c1cc(Cl)ccc1S(=O)(=O)NC(F)(F)CF. The highest BCUT2D eigenvalue weighted by molar-refractivity contribution is 7.89. The van der Waals surface area contributed by atoms with Gasteiger partial charge in [-0.2, -0.15) is 8.78 Å². The van der Waals surface area contributed by atoms with Gasteiger partial charge < -0.3 is 5.32 Å². The molecule has 0 saturated carbocycles. The molecule has 0 saturated heterocycles. The van der Waals surface area contributed by atoms with Crippen LogP contribution in [0.3, 0.4) is 0 Å². The average Bonchev–Trinajstić information content (AvgIpc) is 2.55. The summed E-state index contributed by atoms with van der Waals surface area (Å²) in [6.45, 7) is -2.24. The van der Waals surface area contributed by atoms with E-state index in [-0.39, 0.29) is 10.7 Å². The number of sulfonamides is 1. The second kappa shape index (κ2) is 7.83. The summed E-state index contributed by atoms with van der Waals surface area (Å²) in [4.78, 5) is 11.6. The van der Waals surface area contributed by atoms with Gasteiger partial charge in [0.2, 0.25) is 10.0 Å². The molecule has 1 amide bonds. The summed E-state index contributed by atoms with van der Waals surface area (Å²) in [6.07, 6.45) is 0. The number of anilines is 1.